The Labute approximate surface area is 154 Å². The third kappa shape index (κ3) is 5.09. The molecule has 2 aromatic heterocycles. The molecular formula is C20H26N4O2. The Hall–Kier alpha value is -2.31. The Bertz CT molecular complexity index is 723. The zero-order chi connectivity index (χ0) is 18.4. The van der Waals surface area contributed by atoms with Crippen molar-refractivity contribution < 1.29 is 9.53 Å². The molecule has 6 nitrogen and oxygen atoms in total. The summed E-state index contributed by atoms with van der Waals surface area (Å²) in [5.74, 6) is -0.0871. The summed E-state index contributed by atoms with van der Waals surface area (Å²) >= 11 is 0. The van der Waals surface area contributed by atoms with Gasteiger partial charge < -0.3 is 10.1 Å². The number of nitrogens with zero attached hydrogens (tertiary/aromatic N) is 3. The second-order valence-corrected chi connectivity index (χ2v) is 6.83. The van der Waals surface area contributed by atoms with Gasteiger partial charge in [0.05, 0.1) is 12.2 Å². The van der Waals surface area contributed by atoms with Crippen molar-refractivity contribution in [1.82, 2.24) is 20.2 Å². The van der Waals surface area contributed by atoms with Crippen molar-refractivity contribution in [3.05, 3.63) is 59.7 Å². The first kappa shape index (κ1) is 18.5. The molecule has 138 valence electrons. The summed E-state index contributed by atoms with van der Waals surface area (Å²) in [4.78, 5) is 22.6. The summed E-state index contributed by atoms with van der Waals surface area (Å²) in [6.07, 6.45) is 8.61. The maximum atomic E-state index is 11.7. The van der Waals surface area contributed by atoms with E-state index in [-0.39, 0.29) is 18.1 Å². The Morgan fingerprint density at radius 3 is 2.92 bits per heavy atom. The highest BCUT2D eigenvalue weighted by molar-refractivity contribution is 5.93. The highest BCUT2D eigenvalue weighted by Crippen LogP contribution is 2.23. The summed E-state index contributed by atoms with van der Waals surface area (Å²) in [5, 5.41) is 2.64. The van der Waals surface area contributed by atoms with Gasteiger partial charge in [-0.1, -0.05) is 6.07 Å². The number of likely N-dealkylation sites (N-methyl/N-ethyl adjacent to an activating group) is 1. The molecule has 1 saturated heterocycles. The third-order valence-electron chi connectivity index (χ3n) is 4.63. The quantitative estimate of drug-likeness (QED) is 0.824. The molecule has 0 aromatic carbocycles. The highest BCUT2D eigenvalue weighted by Gasteiger charge is 2.26. The molecule has 0 radical (unpaired) electrons. The van der Waals surface area contributed by atoms with Gasteiger partial charge in [0.15, 0.2) is 0 Å². The Morgan fingerprint density at radius 2 is 2.15 bits per heavy atom. The summed E-state index contributed by atoms with van der Waals surface area (Å²) in [7, 11) is 3.74. The van der Waals surface area contributed by atoms with E-state index >= 15 is 0 Å². The molecule has 26 heavy (non-hydrogen) atoms. The highest BCUT2D eigenvalue weighted by atomic mass is 16.5. The van der Waals surface area contributed by atoms with E-state index in [4.69, 9.17) is 4.74 Å². The molecule has 1 aliphatic rings. The number of ether oxygens (including phenoxy) is 1. The molecule has 0 spiro atoms. The van der Waals surface area contributed by atoms with Gasteiger partial charge in [-0.05, 0) is 43.7 Å². The lowest BCUT2D eigenvalue weighted by molar-refractivity contribution is 0.0262. The van der Waals surface area contributed by atoms with Crippen LogP contribution in [0.1, 0.15) is 34.5 Å². The molecule has 3 rings (SSSR count). The number of hydrogen-bond acceptors (Lipinski definition) is 5. The van der Waals surface area contributed by atoms with Crippen molar-refractivity contribution in [2.24, 2.45) is 0 Å². The number of nitrogens with one attached hydrogen (secondary N) is 1. The number of aromatic nitrogens is 2. The number of amides is 1. The van der Waals surface area contributed by atoms with Crippen LogP contribution in [0.4, 0.5) is 0 Å². The van der Waals surface area contributed by atoms with Gasteiger partial charge in [-0.2, -0.15) is 0 Å². The van der Waals surface area contributed by atoms with Gasteiger partial charge in [0.25, 0.3) is 5.91 Å². The minimum Gasteiger partial charge on any atom is -0.373 e. The molecule has 1 aliphatic heterocycles. The first-order valence-electron chi connectivity index (χ1n) is 9.04. The molecule has 0 unspecified atom stereocenters. The normalized spacial score (nSPS) is 19.7. The van der Waals surface area contributed by atoms with Crippen LogP contribution in [-0.4, -0.2) is 53.6 Å². The van der Waals surface area contributed by atoms with Crippen LogP contribution in [0.3, 0.4) is 0 Å². The van der Waals surface area contributed by atoms with Crippen LogP contribution in [-0.2, 0) is 17.7 Å². The zero-order valence-corrected chi connectivity index (χ0v) is 15.4. The number of hydrogen-bond donors (Lipinski definition) is 1. The first-order chi connectivity index (χ1) is 12.6. The molecule has 1 N–H and O–H groups in total. The lowest BCUT2D eigenvalue weighted by Crippen LogP contribution is -2.29. The van der Waals surface area contributed by atoms with Gasteiger partial charge in [0, 0.05) is 56.4 Å². The molecule has 3 heterocycles. The van der Waals surface area contributed by atoms with Gasteiger partial charge in [-0.3, -0.25) is 19.7 Å². The number of pyridine rings is 2. The number of carbonyl (C=O) groups is 1. The average molecular weight is 354 g/mol. The van der Waals surface area contributed by atoms with Crippen molar-refractivity contribution >= 4 is 5.91 Å². The topological polar surface area (TPSA) is 67.4 Å². The first-order valence-corrected chi connectivity index (χ1v) is 9.04. The molecule has 1 fully saturated rings. The minimum atomic E-state index is -0.0871. The average Bonchev–Trinajstić information content (AvgIpc) is 3.08. The van der Waals surface area contributed by atoms with E-state index in [2.05, 4.69) is 33.3 Å². The Morgan fingerprint density at radius 1 is 1.31 bits per heavy atom. The van der Waals surface area contributed by atoms with E-state index in [0.717, 1.165) is 38.0 Å². The van der Waals surface area contributed by atoms with Crippen LogP contribution in [0.25, 0.3) is 0 Å². The molecule has 1 amide bonds. The second-order valence-electron chi connectivity index (χ2n) is 6.83. The van der Waals surface area contributed by atoms with E-state index in [1.165, 1.54) is 5.56 Å². The molecule has 0 bridgehead atoms. The van der Waals surface area contributed by atoms with E-state index < -0.39 is 0 Å². The summed E-state index contributed by atoms with van der Waals surface area (Å²) in [6.45, 7) is 1.77. The Kier molecular flexibility index (Phi) is 6.30. The van der Waals surface area contributed by atoms with Crippen LogP contribution in [0.2, 0.25) is 0 Å². The van der Waals surface area contributed by atoms with Crippen LogP contribution >= 0.6 is 0 Å². The largest absolute Gasteiger partial charge is 0.373 e. The summed E-state index contributed by atoms with van der Waals surface area (Å²) < 4.78 is 6.20. The lowest BCUT2D eigenvalue weighted by Gasteiger charge is -2.21. The fourth-order valence-electron chi connectivity index (χ4n) is 3.39. The predicted octanol–water partition coefficient (Wildman–Crippen LogP) is 2.06. The van der Waals surface area contributed by atoms with Gasteiger partial charge >= 0.3 is 0 Å². The van der Waals surface area contributed by atoms with E-state index in [0.29, 0.717) is 5.56 Å². The van der Waals surface area contributed by atoms with Crippen molar-refractivity contribution in [3.63, 3.8) is 0 Å². The maximum absolute atomic E-state index is 11.7. The molecule has 2 aromatic rings. The van der Waals surface area contributed by atoms with Gasteiger partial charge in [-0.25, -0.2) is 0 Å². The predicted molar refractivity (Wildman–Crippen MR) is 99.8 cm³/mol. The van der Waals surface area contributed by atoms with Crippen LogP contribution < -0.4 is 5.32 Å². The monoisotopic (exact) mass is 354 g/mol. The zero-order valence-electron chi connectivity index (χ0n) is 15.4. The van der Waals surface area contributed by atoms with Gasteiger partial charge in [0.2, 0.25) is 0 Å². The summed E-state index contributed by atoms with van der Waals surface area (Å²) in [5.41, 5.74) is 2.75. The van der Waals surface area contributed by atoms with Crippen molar-refractivity contribution in [3.8, 4) is 0 Å². The number of carbonyl (C=O) groups excluding carboxylic acids is 1. The van der Waals surface area contributed by atoms with Crippen molar-refractivity contribution in [2.45, 2.75) is 38.0 Å². The van der Waals surface area contributed by atoms with E-state index in [1.54, 1.807) is 25.5 Å². The fraction of sp³-hybridized carbons (Fsp3) is 0.450. The van der Waals surface area contributed by atoms with Crippen LogP contribution in [0, 0.1) is 0 Å². The molecule has 0 saturated carbocycles. The Balaban J connectivity index is 1.49. The fourth-order valence-corrected chi connectivity index (χ4v) is 3.39. The maximum Gasteiger partial charge on any atom is 0.251 e. The third-order valence-corrected chi connectivity index (χ3v) is 4.63. The summed E-state index contributed by atoms with van der Waals surface area (Å²) in [6, 6.07) is 7.64. The molecule has 0 aliphatic carbocycles. The van der Waals surface area contributed by atoms with Crippen LogP contribution in [0.15, 0.2) is 42.9 Å². The van der Waals surface area contributed by atoms with E-state index in [1.807, 2.05) is 18.3 Å². The van der Waals surface area contributed by atoms with Gasteiger partial charge in [0.1, 0.15) is 0 Å². The van der Waals surface area contributed by atoms with Gasteiger partial charge in [-0.15, -0.1) is 0 Å². The van der Waals surface area contributed by atoms with Crippen molar-refractivity contribution in [1.29, 1.82) is 0 Å². The molecule has 6 heteroatoms. The molecule has 2 atom stereocenters. The van der Waals surface area contributed by atoms with E-state index in [9.17, 15) is 4.79 Å². The number of rotatable bonds is 7. The lowest BCUT2D eigenvalue weighted by atomic mass is 10.1. The second kappa shape index (κ2) is 8.87. The smallest absolute Gasteiger partial charge is 0.251 e. The van der Waals surface area contributed by atoms with Crippen molar-refractivity contribution in [2.75, 3.05) is 20.6 Å². The molecular weight excluding hydrogens is 328 g/mol. The minimum absolute atomic E-state index is 0.0871. The standard InChI is InChI=1S/C20H26N4O2/c1-21-20(25)16-7-9-23-17(10-16)11-18-5-6-19(26-18)14-24(2)13-15-4-3-8-22-12-15/h3-4,7-10,12,18-19H,5-6,11,13-14H2,1-2H3,(H,21,25)/t18-,19+/m0/s1. The SMILES string of the molecule is CNC(=O)c1ccnc(C[C@@H]2CC[C@H](CN(C)Cc3cccnc3)O2)c1. The van der Waals surface area contributed by atoms with Crippen LogP contribution in [0.5, 0.6) is 0 Å².